The van der Waals surface area contributed by atoms with E-state index in [1.807, 2.05) is 26.0 Å². The van der Waals surface area contributed by atoms with Gasteiger partial charge in [-0.15, -0.1) is 12.4 Å². The Morgan fingerprint density at radius 1 is 1.39 bits per heavy atom. The maximum atomic E-state index is 12.8. The average Bonchev–Trinajstić information content (AvgIpc) is 3.30. The van der Waals surface area contributed by atoms with E-state index >= 15 is 0 Å². The summed E-state index contributed by atoms with van der Waals surface area (Å²) in [5.41, 5.74) is 6.73. The number of aromatic nitrogens is 1. The Labute approximate surface area is 143 Å². The molecule has 7 heteroatoms. The topological polar surface area (TPSA) is 85.1 Å². The van der Waals surface area contributed by atoms with E-state index in [0.717, 1.165) is 23.8 Å². The van der Waals surface area contributed by atoms with E-state index in [1.165, 1.54) is 0 Å². The van der Waals surface area contributed by atoms with Crippen LogP contribution in [0.25, 0.3) is 10.9 Å². The van der Waals surface area contributed by atoms with Crippen LogP contribution in [0.3, 0.4) is 0 Å². The zero-order valence-corrected chi connectivity index (χ0v) is 14.9. The fourth-order valence-electron chi connectivity index (χ4n) is 2.83. The number of nitrogens with one attached hydrogen (secondary N) is 1. The number of nitrogens with two attached hydrogens (primary N) is 1. The molecule has 2 aromatic rings. The summed E-state index contributed by atoms with van der Waals surface area (Å²) in [5.74, 6) is 0.317. The van der Waals surface area contributed by atoms with E-state index in [9.17, 15) is 8.42 Å². The van der Waals surface area contributed by atoms with Crippen LogP contribution in [0, 0.1) is 12.8 Å². The molecule has 1 aliphatic rings. The largest absolute Gasteiger partial charge is 0.329 e. The van der Waals surface area contributed by atoms with Crippen molar-refractivity contribution < 1.29 is 8.42 Å². The standard InChI is InChI=1S/C16H21N3O2S.ClH/c1-11-8-12-4-3-5-14(15(12)18-9-11)22(20,21)19-16(2,10-17)13-6-7-13;/h3-5,8-9,13,19H,6-7,10,17H2,1-2H3;1H. The van der Waals surface area contributed by atoms with Crippen LogP contribution >= 0.6 is 12.4 Å². The predicted octanol–water partition coefficient (Wildman–Crippen LogP) is 2.37. The highest BCUT2D eigenvalue weighted by Crippen LogP contribution is 2.40. The SMILES string of the molecule is Cc1cnc2c(S(=O)(=O)NC(C)(CN)C3CC3)cccc2c1.Cl. The third kappa shape index (κ3) is 3.50. The first-order chi connectivity index (χ1) is 10.4. The van der Waals surface area contributed by atoms with Crippen molar-refractivity contribution in [3.05, 3.63) is 36.0 Å². The van der Waals surface area contributed by atoms with E-state index in [4.69, 9.17) is 5.73 Å². The molecular weight excluding hydrogens is 334 g/mol. The Morgan fingerprint density at radius 3 is 2.70 bits per heavy atom. The highest BCUT2D eigenvalue weighted by molar-refractivity contribution is 7.89. The van der Waals surface area contributed by atoms with Gasteiger partial charge in [-0.25, -0.2) is 13.1 Å². The fourth-order valence-corrected chi connectivity index (χ4v) is 4.49. The summed E-state index contributed by atoms with van der Waals surface area (Å²) in [6.45, 7) is 4.10. The van der Waals surface area contributed by atoms with Crippen LogP contribution in [0.15, 0.2) is 35.4 Å². The molecule has 1 heterocycles. The second-order valence-corrected chi connectivity index (χ2v) is 7.99. The Hall–Kier alpha value is -1.21. The number of sulfonamides is 1. The molecule has 1 aromatic carbocycles. The van der Waals surface area contributed by atoms with Gasteiger partial charge in [0, 0.05) is 23.7 Å². The van der Waals surface area contributed by atoms with Gasteiger partial charge >= 0.3 is 0 Å². The van der Waals surface area contributed by atoms with E-state index in [1.54, 1.807) is 18.3 Å². The predicted molar refractivity (Wildman–Crippen MR) is 94.2 cm³/mol. The number of fused-ring (bicyclic) bond motifs is 1. The van der Waals surface area contributed by atoms with Crippen LogP contribution in [-0.2, 0) is 10.0 Å². The summed E-state index contributed by atoms with van der Waals surface area (Å²) in [7, 11) is -3.67. The van der Waals surface area contributed by atoms with Crippen molar-refractivity contribution in [3.8, 4) is 0 Å². The minimum Gasteiger partial charge on any atom is -0.329 e. The van der Waals surface area contributed by atoms with Crippen LogP contribution in [0.2, 0.25) is 0 Å². The Bertz CT molecular complexity index is 821. The quantitative estimate of drug-likeness (QED) is 0.862. The summed E-state index contributed by atoms with van der Waals surface area (Å²) < 4.78 is 28.5. The van der Waals surface area contributed by atoms with Crippen molar-refractivity contribution in [2.75, 3.05) is 6.54 Å². The summed E-state index contributed by atoms with van der Waals surface area (Å²) >= 11 is 0. The van der Waals surface area contributed by atoms with Crippen LogP contribution in [0.1, 0.15) is 25.3 Å². The average molecular weight is 356 g/mol. The number of rotatable bonds is 5. The van der Waals surface area contributed by atoms with Gasteiger partial charge < -0.3 is 5.73 Å². The molecule has 5 nitrogen and oxygen atoms in total. The van der Waals surface area contributed by atoms with E-state index in [-0.39, 0.29) is 23.8 Å². The van der Waals surface area contributed by atoms with Gasteiger partial charge in [0.05, 0.1) is 5.52 Å². The summed E-state index contributed by atoms with van der Waals surface area (Å²) in [5, 5.41) is 0.823. The number of para-hydroxylation sites is 1. The normalized spacial score (nSPS) is 17.5. The first-order valence-electron chi connectivity index (χ1n) is 7.45. The Balaban J connectivity index is 0.00000192. The number of pyridine rings is 1. The molecule has 3 N–H and O–H groups in total. The first-order valence-corrected chi connectivity index (χ1v) is 8.93. The van der Waals surface area contributed by atoms with Gasteiger partial charge in [0.15, 0.2) is 0 Å². The third-order valence-corrected chi connectivity index (χ3v) is 6.01. The highest BCUT2D eigenvalue weighted by Gasteiger charge is 2.43. The van der Waals surface area contributed by atoms with Crippen LogP contribution in [0.5, 0.6) is 0 Å². The Kier molecular flexibility index (Phi) is 5.01. The third-order valence-electron chi connectivity index (χ3n) is 4.37. The molecule has 126 valence electrons. The Morgan fingerprint density at radius 2 is 2.09 bits per heavy atom. The van der Waals surface area contributed by atoms with Crippen molar-refractivity contribution in [1.29, 1.82) is 0 Å². The van der Waals surface area contributed by atoms with Gasteiger partial charge in [0.1, 0.15) is 4.90 Å². The molecule has 23 heavy (non-hydrogen) atoms. The van der Waals surface area contributed by atoms with Crippen molar-refractivity contribution >= 4 is 33.3 Å². The molecule has 0 amide bonds. The molecule has 1 saturated carbocycles. The highest BCUT2D eigenvalue weighted by atomic mass is 35.5. The maximum Gasteiger partial charge on any atom is 0.243 e. The van der Waals surface area contributed by atoms with E-state index in [2.05, 4.69) is 9.71 Å². The lowest BCUT2D eigenvalue weighted by molar-refractivity contribution is 0.374. The summed E-state index contributed by atoms with van der Waals surface area (Å²) in [4.78, 5) is 4.53. The smallest absolute Gasteiger partial charge is 0.243 e. The lowest BCUT2D eigenvalue weighted by Crippen LogP contribution is -2.53. The lowest BCUT2D eigenvalue weighted by Gasteiger charge is -2.29. The van der Waals surface area contributed by atoms with Crippen LogP contribution < -0.4 is 10.5 Å². The minimum absolute atomic E-state index is 0. The van der Waals surface area contributed by atoms with Gasteiger partial charge in [-0.05, 0) is 50.3 Å². The van der Waals surface area contributed by atoms with Crippen LogP contribution in [-0.4, -0.2) is 25.5 Å². The number of halogens is 1. The van der Waals surface area contributed by atoms with Crippen molar-refractivity contribution in [1.82, 2.24) is 9.71 Å². The first kappa shape index (κ1) is 18.1. The molecule has 0 saturated heterocycles. The van der Waals surface area contributed by atoms with Gasteiger partial charge in [-0.2, -0.15) is 0 Å². The minimum atomic E-state index is -3.67. The molecule has 1 aliphatic carbocycles. The molecule has 3 rings (SSSR count). The number of benzene rings is 1. The zero-order chi connectivity index (χ0) is 16.0. The van der Waals surface area contributed by atoms with Crippen molar-refractivity contribution in [3.63, 3.8) is 0 Å². The van der Waals surface area contributed by atoms with Gasteiger partial charge in [-0.3, -0.25) is 4.98 Å². The molecule has 0 radical (unpaired) electrons. The second kappa shape index (κ2) is 6.36. The van der Waals surface area contributed by atoms with Crippen LogP contribution in [0.4, 0.5) is 0 Å². The lowest BCUT2D eigenvalue weighted by atomic mass is 9.98. The number of nitrogens with zero attached hydrogens (tertiary/aromatic N) is 1. The molecule has 0 aliphatic heterocycles. The van der Waals surface area contributed by atoms with Gasteiger partial charge in [0.2, 0.25) is 10.0 Å². The molecule has 1 fully saturated rings. The van der Waals surface area contributed by atoms with Gasteiger partial charge in [-0.1, -0.05) is 12.1 Å². The molecule has 1 aromatic heterocycles. The number of hydrogen-bond acceptors (Lipinski definition) is 4. The number of aryl methyl sites for hydroxylation is 1. The number of hydrogen-bond donors (Lipinski definition) is 2. The molecule has 0 bridgehead atoms. The van der Waals surface area contributed by atoms with Crippen molar-refractivity contribution in [2.45, 2.75) is 37.1 Å². The van der Waals surface area contributed by atoms with E-state index < -0.39 is 15.6 Å². The molecule has 0 spiro atoms. The molecule has 1 unspecified atom stereocenters. The summed E-state index contributed by atoms with van der Waals surface area (Å²) in [6, 6.07) is 7.15. The van der Waals surface area contributed by atoms with E-state index in [0.29, 0.717) is 11.4 Å². The summed E-state index contributed by atoms with van der Waals surface area (Å²) in [6.07, 6.45) is 3.72. The molecular formula is C16H22ClN3O2S. The molecule has 1 atom stereocenters. The zero-order valence-electron chi connectivity index (χ0n) is 13.2. The second-order valence-electron chi connectivity index (χ2n) is 6.34. The maximum absolute atomic E-state index is 12.8. The fraction of sp³-hybridized carbons (Fsp3) is 0.438. The van der Waals surface area contributed by atoms with Crippen molar-refractivity contribution in [2.24, 2.45) is 11.7 Å². The van der Waals surface area contributed by atoms with Gasteiger partial charge in [0.25, 0.3) is 0 Å². The monoisotopic (exact) mass is 355 g/mol.